The minimum absolute atomic E-state index is 0.0359. The Morgan fingerprint density at radius 1 is 1.00 bits per heavy atom. The Balaban J connectivity index is 1.48. The molecule has 0 unspecified atom stereocenters. The number of ether oxygens (including phenoxy) is 1. The molecule has 0 atom stereocenters. The summed E-state index contributed by atoms with van der Waals surface area (Å²) in [6, 6.07) is 12.2. The molecule has 1 heterocycles. The van der Waals surface area contributed by atoms with E-state index in [9.17, 15) is 19.7 Å². The second-order valence-electron chi connectivity index (χ2n) is 6.26. The van der Waals surface area contributed by atoms with Gasteiger partial charge in [0.1, 0.15) is 5.75 Å². The van der Waals surface area contributed by atoms with Gasteiger partial charge in [0, 0.05) is 44.0 Å². The average molecular weight is 385 g/mol. The predicted molar refractivity (Wildman–Crippen MR) is 101 cm³/mol. The lowest BCUT2D eigenvalue weighted by atomic mass is 10.2. The fourth-order valence-electron chi connectivity index (χ4n) is 2.93. The molecular weight excluding hydrogens is 366 g/mol. The Morgan fingerprint density at radius 3 is 2.14 bits per heavy atom. The van der Waals surface area contributed by atoms with Gasteiger partial charge in [0.2, 0.25) is 0 Å². The summed E-state index contributed by atoms with van der Waals surface area (Å²) in [5.74, 6) is -0.717. The van der Waals surface area contributed by atoms with Gasteiger partial charge in [-0.15, -0.1) is 0 Å². The summed E-state index contributed by atoms with van der Waals surface area (Å²) in [5.41, 5.74) is 1.12. The van der Waals surface area contributed by atoms with Crippen molar-refractivity contribution < 1.29 is 24.4 Å². The fraction of sp³-hybridized carbons (Fsp3) is 0.263. The van der Waals surface area contributed by atoms with Crippen molar-refractivity contribution in [2.75, 3.05) is 37.7 Å². The molecule has 0 radical (unpaired) electrons. The SMILES string of the molecule is O=C(O)c1ccc(N2CCN(C(=O)COc3ccc([N+](=O)[O-])cc3)CC2)cc1. The third kappa shape index (κ3) is 4.56. The lowest BCUT2D eigenvalue weighted by molar-refractivity contribution is -0.384. The van der Waals surface area contributed by atoms with Crippen molar-refractivity contribution in [1.29, 1.82) is 0 Å². The van der Waals surface area contributed by atoms with Crippen LogP contribution in [0.1, 0.15) is 10.4 Å². The van der Waals surface area contributed by atoms with Crippen LogP contribution in [0.25, 0.3) is 0 Å². The molecule has 28 heavy (non-hydrogen) atoms. The largest absolute Gasteiger partial charge is 0.484 e. The van der Waals surface area contributed by atoms with Crippen LogP contribution in [0.15, 0.2) is 48.5 Å². The number of aromatic carboxylic acids is 1. The highest BCUT2D eigenvalue weighted by Gasteiger charge is 2.22. The Bertz CT molecular complexity index is 858. The third-order valence-corrected chi connectivity index (χ3v) is 4.52. The Morgan fingerprint density at radius 2 is 1.61 bits per heavy atom. The lowest BCUT2D eigenvalue weighted by Gasteiger charge is -2.36. The standard InChI is InChI=1S/C19H19N3O6/c23-18(13-28-17-7-5-16(6-8-17)22(26)27)21-11-9-20(10-12-21)15-3-1-14(2-4-15)19(24)25/h1-8H,9-13H2,(H,24,25). The molecule has 146 valence electrons. The molecule has 1 saturated heterocycles. The average Bonchev–Trinajstić information content (AvgIpc) is 2.72. The second-order valence-corrected chi connectivity index (χ2v) is 6.26. The number of hydrogen-bond acceptors (Lipinski definition) is 6. The smallest absolute Gasteiger partial charge is 0.335 e. The molecule has 1 aliphatic rings. The summed E-state index contributed by atoms with van der Waals surface area (Å²) >= 11 is 0. The van der Waals surface area contributed by atoms with E-state index in [1.165, 1.54) is 24.3 Å². The minimum atomic E-state index is -0.963. The van der Waals surface area contributed by atoms with Crippen LogP contribution < -0.4 is 9.64 Å². The fourth-order valence-corrected chi connectivity index (χ4v) is 2.93. The van der Waals surface area contributed by atoms with Crippen molar-refractivity contribution in [2.24, 2.45) is 0 Å². The van der Waals surface area contributed by atoms with Gasteiger partial charge in [0.15, 0.2) is 6.61 Å². The maximum absolute atomic E-state index is 12.3. The zero-order chi connectivity index (χ0) is 20.1. The highest BCUT2D eigenvalue weighted by Crippen LogP contribution is 2.19. The lowest BCUT2D eigenvalue weighted by Crippen LogP contribution is -2.50. The van der Waals surface area contributed by atoms with Crippen molar-refractivity contribution in [2.45, 2.75) is 0 Å². The number of non-ortho nitro benzene ring substituents is 1. The summed E-state index contributed by atoms with van der Waals surface area (Å²) < 4.78 is 5.42. The zero-order valence-corrected chi connectivity index (χ0v) is 15.0. The van der Waals surface area contributed by atoms with Crippen LogP contribution in [-0.2, 0) is 4.79 Å². The van der Waals surface area contributed by atoms with Crippen LogP contribution in [0.4, 0.5) is 11.4 Å². The summed E-state index contributed by atoms with van der Waals surface area (Å²) in [4.78, 5) is 37.2. The number of anilines is 1. The molecule has 1 fully saturated rings. The van der Waals surface area contributed by atoms with Crippen LogP contribution >= 0.6 is 0 Å². The highest BCUT2D eigenvalue weighted by molar-refractivity contribution is 5.88. The molecule has 0 saturated carbocycles. The van der Waals surface area contributed by atoms with Crippen LogP contribution in [-0.4, -0.2) is 59.6 Å². The number of carboxylic acids is 1. The number of nitrogens with zero attached hydrogens (tertiary/aromatic N) is 3. The molecule has 2 aromatic rings. The third-order valence-electron chi connectivity index (χ3n) is 4.52. The first-order valence-electron chi connectivity index (χ1n) is 8.67. The minimum Gasteiger partial charge on any atom is -0.484 e. The molecule has 2 aromatic carbocycles. The van der Waals surface area contributed by atoms with Gasteiger partial charge in [0.25, 0.3) is 11.6 Å². The Kier molecular flexibility index (Phi) is 5.73. The molecule has 0 spiro atoms. The van der Waals surface area contributed by atoms with Crippen LogP contribution in [0, 0.1) is 10.1 Å². The molecule has 1 N–H and O–H groups in total. The molecular formula is C19H19N3O6. The van der Waals surface area contributed by atoms with Crippen molar-refractivity contribution in [3.8, 4) is 5.75 Å². The Hall–Kier alpha value is -3.62. The van der Waals surface area contributed by atoms with E-state index >= 15 is 0 Å². The van der Waals surface area contributed by atoms with Crippen molar-refractivity contribution in [3.05, 3.63) is 64.2 Å². The zero-order valence-electron chi connectivity index (χ0n) is 15.0. The van der Waals surface area contributed by atoms with E-state index in [0.29, 0.717) is 31.9 Å². The number of rotatable bonds is 6. The molecule has 0 aromatic heterocycles. The predicted octanol–water partition coefficient (Wildman–Crippen LogP) is 2.02. The first-order chi connectivity index (χ1) is 13.4. The molecule has 1 aliphatic heterocycles. The number of nitro groups is 1. The number of carboxylic acid groups (broad SMARTS) is 1. The Labute approximate surface area is 160 Å². The van der Waals surface area contributed by atoms with Gasteiger partial charge in [-0.1, -0.05) is 0 Å². The monoisotopic (exact) mass is 385 g/mol. The van der Waals surface area contributed by atoms with E-state index in [0.717, 1.165) is 5.69 Å². The molecule has 0 aliphatic carbocycles. The van der Waals surface area contributed by atoms with Crippen LogP contribution in [0.3, 0.4) is 0 Å². The van der Waals surface area contributed by atoms with E-state index in [4.69, 9.17) is 9.84 Å². The first kappa shape index (κ1) is 19.2. The van der Waals surface area contributed by atoms with Crippen LogP contribution in [0.2, 0.25) is 0 Å². The second kappa shape index (κ2) is 8.38. The molecule has 1 amide bonds. The van der Waals surface area contributed by atoms with Gasteiger partial charge in [-0.3, -0.25) is 14.9 Å². The molecule has 3 rings (SSSR count). The van der Waals surface area contributed by atoms with Gasteiger partial charge >= 0.3 is 5.97 Å². The number of hydrogen-bond donors (Lipinski definition) is 1. The maximum Gasteiger partial charge on any atom is 0.335 e. The van der Waals surface area contributed by atoms with E-state index in [2.05, 4.69) is 4.90 Å². The van der Waals surface area contributed by atoms with Gasteiger partial charge in [-0.05, 0) is 36.4 Å². The van der Waals surface area contributed by atoms with Crippen molar-refractivity contribution in [3.63, 3.8) is 0 Å². The summed E-state index contributed by atoms with van der Waals surface area (Å²) in [7, 11) is 0. The first-order valence-corrected chi connectivity index (χ1v) is 8.67. The topological polar surface area (TPSA) is 113 Å². The van der Waals surface area contributed by atoms with E-state index in [-0.39, 0.29) is 23.8 Å². The van der Waals surface area contributed by atoms with Crippen molar-refractivity contribution in [1.82, 2.24) is 4.90 Å². The van der Waals surface area contributed by atoms with Gasteiger partial charge in [-0.2, -0.15) is 0 Å². The van der Waals surface area contributed by atoms with E-state index in [1.807, 2.05) is 0 Å². The number of carbonyl (C=O) groups is 2. The number of carbonyl (C=O) groups excluding carboxylic acids is 1. The van der Waals surface area contributed by atoms with Gasteiger partial charge < -0.3 is 19.6 Å². The number of nitro benzene ring substituents is 1. The number of amides is 1. The molecule has 9 heteroatoms. The maximum atomic E-state index is 12.3. The van der Waals surface area contributed by atoms with E-state index in [1.54, 1.807) is 29.2 Å². The normalized spacial score (nSPS) is 13.9. The van der Waals surface area contributed by atoms with Crippen molar-refractivity contribution >= 4 is 23.3 Å². The molecule has 0 bridgehead atoms. The summed E-state index contributed by atoms with van der Waals surface area (Å²) in [6.07, 6.45) is 0. The van der Waals surface area contributed by atoms with Gasteiger partial charge in [-0.25, -0.2) is 4.79 Å². The highest BCUT2D eigenvalue weighted by atomic mass is 16.6. The summed E-state index contributed by atoms with van der Waals surface area (Å²) in [5, 5.41) is 19.6. The molecule has 9 nitrogen and oxygen atoms in total. The van der Waals surface area contributed by atoms with Crippen LogP contribution in [0.5, 0.6) is 5.75 Å². The number of benzene rings is 2. The number of piperazine rings is 1. The van der Waals surface area contributed by atoms with Gasteiger partial charge in [0.05, 0.1) is 10.5 Å². The quantitative estimate of drug-likeness (QED) is 0.598. The van der Waals surface area contributed by atoms with E-state index < -0.39 is 10.9 Å². The summed E-state index contributed by atoms with van der Waals surface area (Å²) in [6.45, 7) is 2.20.